The zero-order valence-corrected chi connectivity index (χ0v) is 20.2. The number of hydrogen-bond donors (Lipinski definition) is 0. The summed E-state index contributed by atoms with van der Waals surface area (Å²) in [4.78, 5) is 27.2. The first-order chi connectivity index (χ1) is 16.6. The molecule has 1 saturated carbocycles. The van der Waals surface area contributed by atoms with Crippen molar-refractivity contribution >= 4 is 5.82 Å². The Morgan fingerprint density at radius 3 is 2.53 bits per heavy atom. The number of methoxy groups -OCH3 is 1. The average Bonchev–Trinajstić information content (AvgIpc) is 3.51. The van der Waals surface area contributed by atoms with E-state index in [1.165, 1.54) is 5.56 Å². The summed E-state index contributed by atoms with van der Waals surface area (Å²) in [6, 6.07) is 8.08. The molecule has 0 spiro atoms. The van der Waals surface area contributed by atoms with Crippen molar-refractivity contribution in [3.05, 3.63) is 70.8 Å². The number of imidazole rings is 1. The lowest BCUT2D eigenvalue weighted by Crippen LogP contribution is -2.45. The van der Waals surface area contributed by atoms with Gasteiger partial charge >= 0.3 is 5.69 Å². The first kappa shape index (κ1) is 22.8. The number of likely N-dealkylation sites (N-methyl/N-ethyl adjacent to an activating group) is 1. The van der Waals surface area contributed by atoms with Crippen LogP contribution in [-0.4, -0.2) is 64.3 Å². The highest BCUT2D eigenvalue weighted by molar-refractivity contribution is 5.47. The molecule has 1 saturated heterocycles. The summed E-state index contributed by atoms with van der Waals surface area (Å²) in [5, 5.41) is 0. The second-order valence-electron chi connectivity index (χ2n) is 9.48. The maximum Gasteiger partial charge on any atom is 0.332 e. The van der Waals surface area contributed by atoms with E-state index >= 15 is 0 Å². The predicted molar refractivity (Wildman–Crippen MR) is 133 cm³/mol. The molecule has 3 aromatic rings. The number of anilines is 1. The fourth-order valence-corrected chi connectivity index (χ4v) is 5.26. The van der Waals surface area contributed by atoms with E-state index in [1.54, 1.807) is 22.4 Å². The highest BCUT2D eigenvalue weighted by Crippen LogP contribution is 2.40. The van der Waals surface area contributed by atoms with Crippen molar-refractivity contribution in [2.75, 3.05) is 45.2 Å². The van der Waals surface area contributed by atoms with E-state index in [0.29, 0.717) is 6.54 Å². The Morgan fingerprint density at radius 1 is 1.03 bits per heavy atom. The molecule has 5 rings (SSSR count). The van der Waals surface area contributed by atoms with Crippen molar-refractivity contribution in [3.63, 3.8) is 0 Å². The second kappa shape index (κ2) is 9.72. The van der Waals surface area contributed by atoms with E-state index in [2.05, 4.69) is 32.9 Å². The number of pyridine rings is 2. The molecule has 0 radical (unpaired) electrons. The van der Waals surface area contributed by atoms with Crippen LogP contribution in [0.1, 0.15) is 36.9 Å². The Bertz CT molecular complexity index is 1150. The van der Waals surface area contributed by atoms with Crippen LogP contribution in [0.3, 0.4) is 0 Å². The van der Waals surface area contributed by atoms with Gasteiger partial charge in [0.25, 0.3) is 0 Å². The smallest absolute Gasteiger partial charge is 0.332 e. The van der Waals surface area contributed by atoms with Crippen molar-refractivity contribution in [1.29, 1.82) is 0 Å². The number of aryl methyl sites for hydroxylation is 2. The van der Waals surface area contributed by atoms with E-state index in [-0.39, 0.29) is 11.3 Å². The molecular weight excluding hydrogens is 428 g/mol. The fraction of sp³-hybridized carbons (Fsp3) is 0.500. The third-order valence-corrected chi connectivity index (χ3v) is 7.43. The maximum atomic E-state index is 13.1. The fourth-order valence-electron chi connectivity index (χ4n) is 5.26. The topological polar surface area (TPSA) is 68.4 Å². The number of rotatable bonds is 7. The SMILES string of the molecule is COC1(c2ccc(-n3ccn(CCc4cccnc4N4CCN(C)CC4)c3=O)cn2)CCCC1. The molecule has 8 heteroatoms. The molecule has 2 aliphatic rings. The maximum absolute atomic E-state index is 13.1. The van der Waals surface area contributed by atoms with Crippen molar-refractivity contribution in [2.24, 2.45) is 0 Å². The Kier molecular flexibility index (Phi) is 6.52. The Hall–Kier alpha value is -2.97. The van der Waals surface area contributed by atoms with Crippen LogP contribution in [0, 0.1) is 0 Å². The molecule has 0 amide bonds. The molecule has 3 aromatic heterocycles. The van der Waals surface area contributed by atoms with Crippen LogP contribution in [-0.2, 0) is 23.3 Å². The monoisotopic (exact) mass is 462 g/mol. The molecular formula is C26H34N6O2. The van der Waals surface area contributed by atoms with Crippen LogP contribution >= 0.6 is 0 Å². The van der Waals surface area contributed by atoms with Gasteiger partial charge in [0.05, 0.1) is 17.6 Å². The van der Waals surface area contributed by atoms with E-state index in [0.717, 1.165) is 75.5 Å². The van der Waals surface area contributed by atoms with Gasteiger partial charge in [0.2, 0.25) is 0 Å². The lowest BCUT2D eigenvalue weighted by atomic mass is 9.97. The number of aromatic nitrogens is 4. The van der Waals surface area contributed by atoms with Crippen molar-refractivity contribution in [3.8, 4) is 5.69 Å². The van der Waals surface area contributed by atoms with Crippen molar-refractivity contribution in [2.45, 2.75) is 44.2 Å². The van der Waals surface area contributed by atoms with E-state index < -0.39 is 0 Å². The largest absolute Gasteiger partial charge is 0.372 e. The molecule has 2 fully saturated rings. The van der Waals surface area contributed by atoms with Crippen LogP contribution in [0.25, 0.3) is 5.69 Å². The Balaban J connectivity index is 1.30. The molecule has 1 aliphatic heterocycles. The predicted octanol–water partition coefficient (Wildman–Crippen LogP) is 2.84. The van der Waals surface area contributed by atoms with Crippen molar-refractivity contribution in [1.82, 2.24) is 24.0 Å². The molecule has 0 bridgehead atoms. The lowest BCUT2D eigenvalue weighted by molar-refractivity contribution is -0.0123. The normalized spacial score (nSPS) is 18.5. The summed E-state index contributed by atoms with van der Waals surface area (Å²) in [6.45, 7) is 4.64. The molecule has 0 atom stereocenters. The molecule has 0 N–H and O–H groups in total. The van der Waals surface area contributed by atoms with Crippen molar-refractivity contribution < 1.29 is 4.74 Å². The molecule has 34 heavy (non-hydrogen) atoms. The van der Waals surface area contributed by atoms with Gasteiger partial charge in [-0.15, -0.1) is 0 Å². The van der Waals surface area contributed by atoms with Crippen LogP contribution in [0.2, 0.25) is 0 Å². The number of nitrogens with zero attached hydrogens (tertiary/aromatic N) is 6. The molecule has 0 aromatic carbocycles. The highest BCUT2D eigenvalue weighted by atomic mass is 16.5. The quantitative estimate of drug-likeness (QED) is 0.538. The third kappa shape index (κ3) is 4.40. The zero-order valence-electron chi connectivity index (χ0n) is 20.2. The Labute approximate surface area is 200 Å². The van der Waals surface area contributed by atoms with Crippen LogP contribution < -0.4 is 10.6 Å². The third-order valence-electron chi connectivity index (χ3n) is 7.43. The molecule has 180 valence electrons. The minimum atomic E-state index is -0.277. The summed E-state index contributed by atoms with van der Waals surface area (Å²) in [5.41, 5.74) is 2.58. The summed E-state index contributed by atoms with van der Waals surface area (Å²) < 4.78 is 9.27. The van der Waals surface area contributed by atoms with Gasteiger partial charge in [-0.3, -0.25) is 14.1 Å². The first-order valence-electron chi connectivity index (χ1n) is 12.3. The average molecular weight is 463 g/mol. The molecule has 1 aliphatic carbocycles. The first-order valence-corrected chi connectivity index (χ1v) is 12.3. The van der Waals surface area contributed by atoms with E-state index in [1.807, 2.05) is 36.8 Å². The Morgan fingerprint density at radius 2 is 1.82 bits per heavy atom. The zero-order chi connectivity index (χ0) is 23.5. The molecule has 0 unspecified atom stereocenters. The van der Waals surface area contributed by atoms with E-state index in [9.17, 15) is 4.79 Å². The van der Waals surface area contributed by atoms with Crippen LogP contribution in [0.5, 0.6) is 0 Å². The molecule has 8 nitrogen and oxygen atoms in total. The highest BCUT2D eigenvalue weighted by Gasteiger charge is 2.36. The minimum absolute atomic E-state index is 0.0538. The minimum Gasteiger partial charge on any atom is -0.372 e. The summed E-state index contributed by atoms with van der Waals surface area (Å²) in [5.74, 6) is 1.04. The van der Waals surface area contributed by atoms with Gasteiger partial charge in [-0.2, -0.15) is 0 Å². The summed E-state index contributed by atoms with van der Waals surface area (Å²) >= 11 is 0. The second-order valence-corrected chi connectivity index (χ2v) is 9.48. The van der Waals surface area contributed by atoms with Crippen LogP contribution in [0.15, 0.2) is 53.8 Å². The van der Waals surface area contributed by atoms with Gasteiger partial charge in [-0.25, -0.2) is 9.78 Å². The standard InChI is InChI=1S/C26H34N6O2/c1-29-14-16-30(17-15-29)24-21(6-5-12-27-24)9-13-31-18-19-32(25(31)33)22-7-8-23(28-20-22)26(34-2)10-3-4-11-26/h5-8,12,18-20H,3-4,9-11,13-17H2,1-2H3. The van der Waals surface area contributed by atoms with Gasteiger partial charge < -0.3 is 14.5 Å². The van der Waals surface area contributed by atoms with Gasteiger partial charge in [-0.1, -0.05) is 18.9 Å². The number of hydrogen-bond acceptors (Lipinski definition) is 6. The lowest BCUT2D eigenvalue weighted by Gasteiger charge is -2.34. The van der Waals surface area contributed by atoms with Gasteiger partial charge in [0, 0.05) is 58.4 Å². The number of ether oxygens (including phenoxy) is 1. The number of piperazine rings is 1. The van der Waals surface area contributed by atoms with Gasteiger partial charge in [-0.05, 0) is 50.1 Å². The summed E-state index contributed by atoms with van der Waals surface area (Å²) in [6.07, 6.45) is 12.4. The van der Waals surface area contributed by atoms with Crippen LogP contribution in [0.4, 0.5) is 5.82 Å². The van der Waals surface area contributed by atoms with Gasteiger partial charge in [0.15, 0.2) is 0 Å². The van der Waals surface area contributed by atoms with E-state index in [4.69, 9.17) is 4.74 Å². The van der Waals surface area contributed by atoms with Gasteiger partial charge in [0.1, 0.15) is 11.4 Å². The summed E-state index contributed by atoms with van der Waals surface area (Å²) in [7, 11) is 3.92. The molecule has 4 heterocycles.